The number of urea groups is 1. The fraction of sp³-hybridized carbons (Fsp3) is 0.250. The van der Waals surface area contributed by atoms with Crippen molar-refractivity contribution in [1.29, 1.82) is 0 Å². The van der Waals surface area contributed by atoms with E-state index in [1.54, 1.807) is 24.3 Å². The Morgan fingerprint density at radius 2 is 1.81 bits per heavy atom. The van der Waals surface area contributed by atoms with Gasteiger partial charge < -0.3 is 15.4 Å². The summed E-state index contributed by atoms with van der Waals surface area (Å²) in [5.41, 5.74) is 1.44. The molecule has 2 aromatic rings. The average Bonchev–Trinajstić information content (AvgIpc) is 2.92. The first-order valence-corrected chi connectivity index (χ1v) is 8.76. The molecule has 1 saturated heterocycles. The molecule has 0 unspecified atom stereocenters. The van der Waals surface area contributed by atoms with E-state index in [1.165, 1.54) is 0 Å². The molecule has 4 amide bonds. The summed E-state index contributed by atoms with van der Waals surface area (Å²) in [5.74, 6) is -0.337. The van der Waals surface area contributed by atoms with E-state index in [1.807, 2.05) is 37.3 Å². The Bertz CT molecular complexity index is 838. The highest BCUT2D eigenvalue weighted by Crippen LogP contribution is 2.23. The summed E-state index contributed by atoms with van der Waals surface area (Å²) in [6.45, 7) is 1.95. The molecule has 1 aliphatic heterocycles. The SMILES string of the molecule is CCOc1ccccc1NC(=O)CN1C(=O)N[C@H](Cc2ccccc2)C1=O. The number of nitrogens with one attached hydrogen (secondary N) is 2. The highest BCUT2D eigenvalue weighted by Gasteiger charge is 2.38. The number of benzene rings is 2. The van der Waals surface area contributed by atoms with Crippen LogP contribution in [0, 0.1) is 0 Å². The maximum absolute atomic E-state index is 12.5. The Labute approximate surface area is 157 Å². The van der Waals surface area contributed by atoms with Crippen LogP contribution >= 0.6 is 0 Å². The third-order valence-corrected chi connectivity index (χ3v) is 4.15. The predicted octanol–water partition coefficient (Wildman–Crippen LogP) is 2.19. The smallest absolute Gasteiger partial charge is 0.325 e. The van der Waals surface area contributed by atoms with Gasteiger partial charge in [-0.2, -0.15) is 0 Å². The molecule has 1 aliphatic rings. The van der Waals surface area contributed by atoms with E-state index in [9.17, 15) is 14.4 Å². The first kappa shape index (κ1) is 18.4. The molecule has 27 heavy (non-hydrogen) atoms. The summed E-state index contributed by atoms with van der Waals surface area (Å²) in [7, 11) is 0. The van der Waals surface area contributed by atoms with Crippen LogP contribution in [-0.2, 0) is 16.0 Å². The molecule has 1 heterocycles. The van der Waals surface area contributed by atoms with Crippen molar-refractivity contribution in [2.24, 2.45) is 0 Å². The van der Waals surface area contributed by atoms with Gasteiger partial charge in [-0.15, -0.1) is 0 Å². The number of imide groups is 1. The van der Waals surface area contributed by atoms with Crippen LogP contribution in [-0.4, -0.2) is 41.9 Å². The highest BCUT2D eigenvalue weighted by atomic mass is 16.5. The second-order valence-electron chi connectivity index (χ2n) is 6.09. The van der Waals surface area contributed by atoms with Crippen molar-refractivity contribution < 1.29 is 19.1 Å². The molecule has 0 aliphatic carbocycles. The Kier molecular flexibility index (Phi) is 5.71. The Balaban J connectivity index is 1.62. The lowest BCUT2D eigenvalue weighted by Gasteiger charge is -2.15. The summed E-state index contributed by atoms with van der Waals surface area (Å²) in [4.78, 5) is 37.9. The molecule has 0 radical (unpaired) electrons. The van der Waals surface area contributed by atoms with E-state index in [0.29, 0.717) is 24.5 Å². The van der Waals surface area contributed by atoms with E-state index in [4.69, 9.17) is 4.74 Å². The zero-order valence-electron chi connectivity index (χ0n) is 15.0. The first-order valence-electron chi connectivity index (χ1n) is 8.76. The van der Waals surface area contributed by atoms with Gasteiger partial charge in [-0.05, 0) is 24.6 Å². The summed E-state index contributed by atoms with van der Waals surface area (Å²) >= 11 is 0. The number of carbonyl (C=O) groups is 3. The number of hydrogen-bond acceptors (Lipinski definition) is 4. The monoisotopic (exact) mass is 367 g/mol. The van der Waals surface area contributed by atoms with Gasteiger partial charge in [0, 0.05) is 6.42 Å². The fourth-order valence-electron chi connectivity index (χ4n) is 2.90. The first-order chi connectivity index (χ1) is 13.1. The lowest BCUT2D eigenvalue weighted by atomic mass is 10.1. The van der Waals surface area contributed by atoms with Crippen LogP contribution in [0.15, 0.2) is 54.6 Å². The quantitative estimate of drug-likeness (QED) is 0.735. The molecule has 140 valence electrons. The van der Waals surface area contributed by atoms with Crippen molar-refractivity contribution in [3.05, 3.63) is 60.2 Å². The van der Waals surface area contributed by atoms with Gasteiger partial charge in [-0.1, -0.05) is 42.5 Å². The van der Waals surface area contributed by atoms with E-state index >= 15 is 0 Å². The second-order valence-corrected chi connectivity index (χ2v) is 6.09. The van der Waals surface area contributed by atoms with Gasteiger partial charge in [-0.3, -0.25) is 14.5 Å². The Morgan fingerprint density at radius 1 is 1.11 bits per heavy atom. The lowest BCUT2D eigenvalue weighted by molar-refractivity contribution is -0.130. The van der Waals surface area contributed by atoms with E-state index in [-0.39, 0.29) is 6.54 Å². The van der Waals surface area contributed by atoms with Gasteiger partial charge in [-0.25, -0.2) is 4.79 Å². The number of amides is 4. The minimum absolute atomic E-state index is 0.351. The molecule has 0 spiro atoms. The van der Waals surface area contributed by atoms with Crippen molar-refractivity contribution >= 4 is 23.5 Å². The molecule has 0 saturated carbocycles. The molecule has 2 N–H and O–H groups in total. The van der Waals surface area contributed by atoms with Crippen LogP contribution in [0.4, 0.5) is 10.5 Å². The van der Waals surface area contributed by atoms with Crippen LogP contribution < -0.4 is 15.4 Å². The second kappa shape index (κ2) is 8.35. The summed E-state index contributed by atoms with van der Waals surface area (Å²) < 4.78 is 5.46. The third kappa shape index (κ3) is 4.44. The predicted molar refractivity (Wildman–Crippen MR) is 100 cm³/mol. The third-order valence-electron chi connectivity index (χ3n) is 4.15. The van der Waals surface area contributed by atoms with Crippen molar-refractivity contribution in [2.75, 3.05) is 18.5 Å². The minimum atomic E-state index is -0.664. The number of ether oxygens (including phenoxy) is 1. The largest absolute Gasteiger partial charge is 0.492 e. The lowest BCUT2D eigenvalue weighted by Crippen LogP contribution is -2.38. The van der Waals surface area contributed by atoms with Crippen LogP contribution in [0.3, 0.4) is 0 Å². The van der Waals surface area contributed by atoms with Gasteiger partial charge in [0.25, 0.3) is 5.91 Å². The maximum Gasteiger partial charge on any atom is 0.325 e. The van der Waals surface area contributed by atoms with Crippen molar-refractivity contribution in [3.63, 3.8) is 0 Å². The zero-order valence-corrected chi connectivity index (χ0v) is 15.0. The topological polar surface area (TPSA) is 87.7 Å². The van der Waals surface area contributed by atoms with E-state index in [0.717, 1.165) is 10.5 Å². The fourth-order valence-corrected chi connectivity index (χ4v) is 2.90. The number of hydrogen-bond donors (Lipinski definition) is 2. The normalized spacial score (nSPS) is 16.2. The molecule has 3 rings (SSSR count). The Hall–Kier alpha value is -3.35. The van der Waals surface area contributed by atoms with Gasteiger partial charge in [0.15, 0.2) is 0 Å². The van der Waals surface area contributed by atoms with Gasteiger partial charge in [0.2, 0.25) is 5.91 Å². The van der Waals surface area contributed by atoms with Crippen LogP contribution in [0.2, 0.25) is 0 Å². The van der Waals surface area contributed by atoms with Gasteiger partial charge in [0.05, 0.1) is 12.3 Å². The zero-order chi connectivity index (χ0) is 19.2. The molecule has 7 nitrogen and oxygen atoms in total. The van der Waals surface area contributed by atoms with Crippen LogP contribution in [0.1, 0.15) is 12.5 Å². The Morgan fingerprint density at radius 3 is 2.56 bits per heavy atom. The molecule has 2 aromatic carbocycles. The molecule has 1 fully saturated rings. The standard InChI is InChI=1S/C20H21N3O4/c1-2-27-17-11-7-6-10-15(17)21-18(24)13-23-19(25)16(22-20(23)26)12-14-8-4-3-5-9-14/h3-11,16H,2,12-13H2,1H3,(H,21,24)(H,22,26)/t16-/m1/s1. The molecular weight excluding hydrogens is 346 g/mol. The number of carbonyl (C=O) groups excluding carboxylic acids is 3. The number of anilines is 1. The maximum atomic E-state index is 12.5. The van der Waals surface area contributed by atoms with E-state index < -0.39 is 23.9 Å². The number of para-hydroxylation sites is 2. The summed E-state index contributed by atoms with van der Waals surface area (Å²) in [6.07, 6.45) is 0.386. The van der Waals surface area contributed by atoms with Crippen LogP contribution in [0.25, 0.3) is 0 Å². The summed E-state index contributed by atoms with van der Waals surface area (Å²) in [5, 5.41) is 5.33. The molecule has 1 atom stereocenters. The van der Waals surface area contributed by atoms with Gasteiger partial charge >= 0.3 is 6.03 Å². The molecule has 7 heteroatoms. The molecular formula is C20H21N3O4. The molecule has 0 aromatic heterocycles. The number of nitrogens with zero attached hydrogens (tertiary/aromatic N) is 1. The average molecular weight is 367 g/mol. The summed E-state index contributed by atoms with van der Waals surface area (Å²) in [6, 6.07) is 15.2. The minimum Gasteiger partial charge on any atom is -0.492 e. The van der Waals surface area contributed by atoms with Crippen LogP contribution in [0.5, 0.6) is 5.75 Å². The van der Waals surface area contributed by atoms with Crippen molar-refractivity contribution in [3.8, 4) is 5.75 Å². The molecule has 0 bridgehead atoms. The number of rotatable bonds is 7. The van der Waals surface area contributed by atoms with Crippen molar-refractivity contribution in [1.82, 2.24) is 10.2 Å². The van der Waals surface area contributed by atoms with Gasteiger partial charge in [0.1, 0.15) is 18.3 Å². The van der Waals surface area contributed by atoms with Crippen molar-refractivity contribution in [2.45, 2.75) is 19.4 Å². The highest BCUT2D eigenvalue weighted by molar-refractivity contribution is 6.08. The van der Waals surface area contributed by atoms with E-state index in [2.05, 4.69) is 10.6 Å².